The van der Waals surface area contributed by atoms with Gasteiger partial charge in [0.2, 0.25) is 0 Å². The van der Waals surface area contributed by atoms with Crippen LogP contribution in [-0.2, 0) is 19.4 Å². The molecule has 3 rings (SSSR count). The van der Waals surface area contributed by atoms with Gasteiger partial charge in [-0.3, -0.25) is 0 Å². The van der Waals surface area contributed by atoms with Crippen LogP contribution >= 0.6 is 0 Å². The molecule has 0 unspecified atom stereocenters. The van der Waals surface area contributed by atoms with Crippen molar-refractivity contribution in [1.82, 2.24) is 14.3 Å². The molecule has 2 aromatic heterocycles. The van der Waals surface area contributed by atoms with Crippen LogP contribution in [0.1, 0.15) is 29.4 Å². The number of imidazole rings is 1. The summed E-state index contributed by atoms with van der Waals surface area (Å²) in [6.07, 6.45) is 3.87. The maximum atomic E-state index is 5.96. The number of anilines is 1. The molecule has 2 heterocycles. The summed E-state index contributed by atoms with van der Waals surface area (Å²) in [7, 11) is 4.15. The molecule has 4 nitrogen and oxygen atoms in total. The first-order valence-electron chi connectivity index (χ1n) is 8.04. The highest BCUT2D eigenvalue weighted by atomic mass is 15.1. The molecular formula is C19H24N4. The number of hydrogen-bond acceptors (Lipinski definition) is 3. The topological polar surface area (TPSA) is 46.6 Å². The van der Waals surface area contributed by atoms with Crippen LogP contribution in [0, 0.1) is 0 Å². The summed E-state index contributed by atoms with van der Waals surface area (Å²) in [4.78, 5) is 6.99. The second-order valence-corrected chi connectivity index (χ2v) is 6.28. The average molecular weight is 308 g/mol. The summed E-state index contributed by atoms with van der Waals surface area (Å²) in [5, 5.41) is 0. The number of nitrogen functional groups attached to an aromatic ring is 1. The SMILES string of the molecule is CCc1ccc(Cc2nc3ccc(N)cn3c2CN(C)C)cc1. The number of rotatable bonds is 5. The summed E-state index contributed by atoms with van der Waals surface area (Å²) >= 11 is 0. The third-order valence-corrected chi connectivity index (χ3v) is 4.09. The lowest BCUT2D eigenvalue weighted by atomic mass is 10.1. The molecule has 0 saturated heterocycles. The van der Waals surface area contributed by atoms with Gasteiger partial charge >= 0.3 is 0 Å². The van der Waals surface area contributed by atoms with Crippen LogP contribution < -0.4 is 5.73 Å². The lowest BCUT2D eigenvalue weighted by molar-refractivity contribution is 0.394. The molecule has 1 aromatic carbocycles. The minimum Gasteiger partial charge on any atom is -0.398 e. The van der Waals surface area contributed by atoms with Gasteiger partial charge in [0.05, 0.1) is 11.4 Å². The number of nitrogens with zero attached hydrogens (tertiary/aromatic N) is 3. The second kappa shape index (κ2) is 6.42. The Bertz CT molecular complexity index is 800. The molecule has 0 amide bonds. The molecule has 3 aromatic rings. The zero-order chi connectivity index (χ0) is 16.4. The maximum Gasteiger partial charge on any atom is 0.137 e. The molecule has 0 bridgehead atoms. The van der Waals surface area contributed by atoms with Crippen LogP contribution in [-0.4, -0.2) is 28.4 Å². The molecule has 0 radical (unpaired) electrons. The van der Waals surface area contributed by atoms with Crippen molar-refractivity contribution in [2.24, 2.45) is 0 Å². The largest absolute Gasteiger partial charge is 0.398 e. The summed E-state index contributed by atoms with van der Waals surface area (Å²) in [6, 6.07) is 12.7. The summed E-state index contributed by atoms with van der Waals surface area (Å²) in [5.41, 5.74) is 12.6. The van der Waals surface area contributed by atoms with E-state index in [1.54, 1.807) is 0 Å². The van der Waals surface area contributed by atoms with Gasteiger partial charge in [0.1, 0.15) is 5.65 Å². The van der Waals surface area contributed by atoms with Crippen molar-refractivity contribution in [3.63, 3.8) is 0 Å². The van der Waals surface area contributed by atoms with E-state index in [1.165, 1.54) is 16.8 Å². The number of benzene rings is 1. The highest BCUT2D eigenvalue weighted by molar-refractivity contribution is 5.51. The third-order valence-electron chi connectivity index (χ3n) is 4.09. The fraction of sp³-hybridized carbons (Fsp3) is 0.316. The second-order valence-electron chi connectivity index (χ2n) is 6.28. The van der Waals surface area contributed by atoms with E-state index in [1.807, 2.05) is 18.3 Å². The summed E-state index contributed by atoms with van der Waals surface area (Å²) in [6.45, 7) is 3.02. The van der Waals surface area contributed by atoms with Gasteiger partial charge in [0.15, 0.2) is 0 Å². The molecule has 23 heavy (non-hydrogen) atoms. The number of aryl methyl sites for hydroxylation is 1. The van der Waals surface area contributed by atoms with Crippen molar-refractivity contribution in [3.05, 3.63) is 65.1 Å². The Morgan fingerprint density at radius 2 is 1.74 bits per heavy atom. The number of aromatic nitrogens is 2. The highest BCUT2D eigenvalue weighted by Crippen LogP contribution is 2.20. The van der Waals surface area contributed by atoms with Crippen molar-refractivity contribution in [2.45, 2.75) is 26.3 Å². The quantitative estimate of drug-likeness (QED) is 0.787. The van der Waals surface area contributed by atoms with Crippen LogP contribution in [0.4, 0.5) is 5.69 Å². The van der Waals surface area contributed by atoms with E-state index in [4.69, 9.17) is 10.7 Å². The molecule has 0 atom stereocenters. The molecule has 120 valence electrons. The van der Waals surface area contributed by atoms with Gasteiger partial charge in [-0.15, -0.1) is 0 Å². The number of hydrogen-bond donors (Lipinski definition) is 1. The fourth-order valence-electron chi connectivity index (χ4n) is 2.85. The van der Waals surface area contributed by atoms with Gasteiger partial charge in [-0.1, -0.05) is 31.2 Å². The summed E-state index contributed by atoms with van der Waals surface area (Å²) in [5.74, 6) is 0. The molecule has 2 N–H and O–H groups in total. The van der Waals surface area contributed by atoms with Gasteiger partial charge in [0, 0.05) is 24.8 Å². The van der Waals surface area contributed by atoms with Crippen LogP contribution in [0.5, 0.6) is 0 Å². The standard InChI is InChI=1S/C19H24N4/c1-4-14-5-7-15(8-6-14)11-17-18(13-22(2)3)23-12-16(20)9-10-19(23)21-17/h5-10,12H,4,11,13,20H2,1-3H3. The smallest absolute Gasteiger partial charge is 0.137 e. The Kier molecular flexibility index (Phi) is 4.35. The monoisotopic (exact) mass is 308 g/mol. The average Bonchev–Trinajstić information content (AvgIpc) is 2.85. The molecule has 0 fully saturated rings. The summed E-state index contributed by atoms with van der Waals surface area (Å²) < 4.78 is 2.12. The Morgan fingerprint density at radius 3 is 2.39 bits per heavy atom. The molecule has 0 aliphatic heterocycles. The van der Waals surface area contributed by atoms with Crippen molar-refractivity contribution in [1.29, 1.82) is 0 Å². The van der Waals surface area contributed by atoms with Crippen LogP contribution in [0.3, 0.4) is 0 Å². The minimum atomic E-state index is 0.758. The first-order chi connectivity index (χ1) is 11.1. The molecular weight excluding hydrogens is 284 g/mol. The van der Waals surface area contributed by atoms with Crippen LogP contribution in [0.25, 0.3) is 5.65 Å². The van der Waals surface area contributed by atoms with E-state index in [0.717, 1.165) is 36.4 Å². The van der Waals surface area contributed by atoms with E-state index in [9.17, 15) is 0 Å². The van der Waals surface area contributed by atoms with E-state index in [2.05, 4.69) is 54.6 Å². The first-order valence-corrected chi connectivity index (χ1v) is 8.04. The molecule has 0 aliphatic rings. The minimum absolute atomic E-state index is 0.758. The molecule has 0 spiro atoms. The van der Waals surface area contributed by atoms with Gasteiger partial charge in [-0.25, -0.2) is 4.98 Å². The molecule has 0 saturated carbocycles. The highest BCUT2D eigenvalue weighted by Gasteiger charge is 2.13. The van der Waals surface area contributed by atoms with Gasteiger partial charge in [0.25, 0.3) is 0 Å². The maximum absolute atomic E-state index is 5.96. The Balaban J connectivity index is 2.00. The Morgan fingerprint density at radius 1 is 1.04 bits per heavy atom. The van der Waals surface area contributed by atoms with E-state index < -0.39 is 0 Å². The predicted octanol–water partition coefficient (Wildman–Crippen LogP) is 3.13. The van der Waals surface area contributed by atoms with Crippen molar-refractivity contribution < 1.29 is 0 Å². The Labute approximate surface area is 137 Å². The van der Waals surface area contributed by atoms with E-state index in [0.29, 0.717) is 0 Å². The van der Waals surface area contributed by atoms with Gasteiger partial charge in [-0.05, 0) is 43.8 Å². The van der Waals surface area contributed by atoms with Crippen LogP contribution in [0.2, 0.25) is 0 Å². The number of fused-ring (bicyclic) bond motifs is 1. The normalized spacial score (nSPS) is 11.5. The molecule has 0 aliphatic carbocycles. The predicted molar refractivity (Wildman–Crippen MR) is 95.6 cm³/mol. The van der Waals surface area contributed by atoms with E-state index in [-0.39, 0.29) is 0 Å². The number of nitrogens with two attached hydrogens (primary N) is 1. The fourth-order valence-corrected chi connectivity index (χ4v) is 2.85. The molecule has 4 heteroatoms. The Hall–Kier alpha value is -2.33. The zero-order valence-electron chi connectivity index (χ0n) is 14.1. The van der Waals surface area contributed by atoms with E-state index >= 15 is 0 Å². The zero-order valence-corrected chi connectivity index (χ0v) is 14.1. The lowest BCUT2D eigenvalue weighted by Crippen LogP contribution is -2.14. The first kappa shape index (κ1) is 15.6. The van der Waals surface area contributed by atoms with Crippen molar-refractivity contribution in [2.75, 3.05) is 19.8 Å². The number of pyridine rings is 1. The van der Waals surface area contributed by atoms with Gasteiger partial charge in [-0.2, -0.15) is 0 Å². The van der Waals surface area contributed by atoms with Crippen LogP contribution in [0.15, 0.2) is 42.6 Å². The van der Waals surface area contributed by atoms with Crippen molar-refractivity contribution >= 4 is 11.3 Å². The van der Waals surface area contributed by atoms with Crippen molar-refractivity contribution in [3.8, 4) is 0 Å². The van der Waals surface area contributed by atoms with Gasteiger partial charge < -0.3 is 15.0 Å². The third kappa shape index (κ3) is 3.37. The lowest BCUT2D eigenvalue weighted by Gasteiger charge is -2.12.